The Kier molecular flexibility index (Phi) is 4.10. The first-order chi connectivity index (χ1) is 11.3. The maximum atomic E-state index is 12.2. The van der Waals surface area contributed by atoms with Gasteiger partial charge in [-0.25, -0.2) is 4.79 Å². The number of carboxylic acid groups (broad SMARTS) is 1. The van der Waals surface area contributed by atoms with Gasteiger partial charge in [0.1, 0.15) is 11.1 Å². The Hall–Kier alpha value is -2.32. The van der Waals surface area contributed by atoms with Gasteiger partial charge in [-0.15, -0.1) is 0 Å². The fraction of sp³-hybridized carbons (Fsp3) is 0.312. The van der Waals surface area contributed by atoms with Gasteiger partial charge in [0.05, 0.1) is 12.0 Å². The van der Waals surface area contributed by atoms with Crippen LogP contribution in [0.15, 0.2) is 30.0 Å². The highest BCUT2D eigenvalue weighted by Crippen LogP contribution is 2.53. The number of amides is 2. The molecule has 0 unspecified atom stereocenters. The first-order valence-corrected chi connectivity index (χ1v) is 8.22. The number of benzene rings is 1. The van der Waals surface area contributed by atoms with Crippen LogP contribution in [0.25, 0.3) is 4.91 Å². The van der Waals surface area contributed by atoms with Crippen LogP contribution in [0.3, 0.4) is 0 Å². The molecule has 0 aromatic heterocycles. The number of aliphatic hydroxyl groups is 1. The number of nitrogens with zero attached hydrogens (tertiary/aromatic N) is 1. The summed E-state index contributed by atoms with van der Waals surface area (Å²) in [5.41, 5.74) is 1.08. The van der Waals surface area contributed by atoms with Crippen molar-refractivity contribution in [2.24, 2.45) is 5.92 Å². The second kappa shape index (κ2) is 5.95. The van der Waals surface area contributed by atoms with Crippen molar-refractivity contribution in [3.8, 4) is 0 Å². The van der Waals surface area contributed by atoms with E-state index in [2.05, 4.69) is 5.32 Å². The van der Waals surface area contributed by atoms with E-state index in [0.29, 0.717) is 16.2 Å². The molecule has 7 nitrogen and oxygen atoms in total. The van der Waals surface area contributed by atoms with Gasteiger partial charge in [0.15, 0.2) is 0 Å². The summed E-state index contributed by atoms with van der Waals surface area (Å²) in [5, 5.41) is 21.5. The highest BCUT2D eigenvalue weighted by Gasteiger charge is 2.57. The van der Waals surface area contributed by atoms with Crippen LogP contribution in [0.4, 0.5) is 5.69 Å². The van der Waals surface area contributed by atoms with Crippen LogP contribution < -0.4 is 5.32 Å². The van der Waals surface area contributed by atoms with Crippen LogP contribution in [-0.2, 0) is 14.4 Å². The van der Waals surface area contributed by atoms with E-state index >= 15 is 0 Å². The van der Waals surface area contributed by atoms with Crippen LogP contribution in [0, 0.1) is 5.92 Å². The van der Waals surface area contributed by atoms with Crippen LogP contribution >= 0.6 is 11.8 Å². The lowest BCUT2D eigenvalue weighted by atomic mass is 9.92. The maximum absolute atomic E-state index is 12.2. The van der Waals surface area contributed by atoms with Crippen molar-refractivity contribution in [2.45, 2.75) is 25.3 Å². The molecule has 3 N–H and O–H groups in total. The van der Waals surface area contributed by atoms with Crippen molar-refractivity contribution in [1.29, 1.82) is 0 Å². The smallest absolute Gasteiger partial charge is 0.353 e. The van der Waals surface area contributed by atoms with Crippen molar-refractivity contribution in [1.82, 2.24) is 4.90 Å². The van der Waals surface area contributed by atoms with Crippen molar-refractivity contribution >= 4 is 40.1 Å². The summed E-state index contributed by atoms with van der Waals surface area (Å²) in [6.45, 7) is 2.91. The number of hydrogen-bond acceptors (Lipinski definition) is 5. The molecule has 0 bridgehead atoms. The quantitative estimate of drug-likeness (QED) is 0.708. The first kappa shape index (κ1) is 16.5. The Labute approximate surface area is 142 Å². The summed E-state index contributed by atoms with van der Waals surface area (Å²) in [4.78, 5) is 36.7. The van der Waals surface area contributed by atoms with Gasteiger partial charge in [0, 0.05) is 17.5 Å². The third-order valence-corrected chi connectivity index (χ3v) is 5.36. The number of carboxylic acids is 1. The van der Waals surface area contributed by atoms with Crippen molar-refractivity contribution in [3.63, 3.8) is 0 Å². The molecule has 8 heteroatoms. The predicted octanol–water partition coefficient (Wildman–Crippen LogP) is 1.31. The summed E-state index contributed by atoms with van der Waals surface area (Å²) in [7, 11) is 0. The van der Waals surface area contributed by atoms with E-state index in [9.17, 15) is 24.6 Å². The minimum Gasteiger partial charge on any atom is -0.477 e. The lowest BCUT2D eigenvalue weighted by Gasteiger charge is -2.43. The minimum absolute atomic E-state index is 0.0770. The Bertz CT molecular complexity index is 773. The molecule has 0 aliphatic carbocycles. The van der Waals surface area contributed by atoms with Crippen LogP contribution in [0.5, 0.6) is 0 Å². The largest absolute Gasteiger partial charge is 0.477 e. The molecule has 1 fully saturated rings. The number of fused-ring (bicyclic) bond motifs is 1. The normalized spacial score (nSPS) is 23.6. The summed E-state index contributed by atoms with van der Waals surface area (Å²) in [6, 6.07) is 6.80. The third-order valence-electron chi connectivity index (χ3n) is 3.95. The number of carbonyl (C=O) groups excluding carboxylic acids is 2. The average molecular weight is 348 g/mol. The molecule has 126 valence electrons. The number of rotatable bonds is 4. The first-order valence-electron chi connectivity index (χ1n) is 7.34. The van der Waals surface area contributed by atoms with Crippen molar-refractivity contribution in [3.05, 3.63) is 35.5 Å². The molecule has 3 rings (SSSR count). The number of aliphatic carboxylic acids is 1. The highest BCUT2D eigenvalue weighted by atomic mass is 32.2. The van der Waals surface area contributed by atoms with Crippen molar-refractivity contribution < 1.29 is 24.6 Å². The Morgan fingerprint density at radius 2 is 2.08 bits per heavy atom. The van der Waals surface area contributed by atoms with E-state index < -0.39 is 23.4 Å². The zero-order chi connectivity index (χ0) is 17.6. The number of β-lactam (4-membered cyclic amide) rings is 1. The topological polar surface area (TPSA) is 107 Å². The second-order valence-electron chi connectivity index (χ2n) is 5.73. The second-order valence-corrected chi connectivity index (χ2v) is 6.85. The molecule has 24 heavy (non-hydrogen) atoms. The van der Waals surface area contributed by atoms with Crippen LogP contribution in [-0.4, -0.2) is 44.4 Å². The summed E-state index contributed by atoms with van der Waals surface area (Å²) in [6.07, 6.45) is -0.841. The number of aliphatic hydroxyl groups excluding tert-OH is 1. The molecule has 2 aliphatic heterocycles. The van der Waals surface area contributed by atoms with Gasteiger partial charge >= 0.3 is 5.97 Å². The molecule has 0 saturated carbocycles. The fourth-order valence-electron chi connectivity index (χ4n) is 2.93. The van der Waals surface area contributed by atoms with Gasteiger partial charge < -0.3 is 15.5 Å². The molecule has 1 aromatic carbocycles. The molecule has 1 saturated heterocycles. The molecule has 1 aromatic rings. The molecule has 2 heterocycles. The summed E-state index contributed by atoms with van der Waals surface area (Å²) >= 11 is 1.25. The van der Waals surface area contributed by atoms with E-state index in [4.69, 9.17) is 0 Å². The van der Waals surface area contributed by atoms with Gasteiger partial charge in [-0.3, -0.25) is 14.5 Å². The van der Waals surface area contributed by atoms with E-state index in [0.717, 1.165) is 0 Å². The van der Waals surface area contributed by atoms with Gasteiger partial charge in [0.2, 0.25) is 11.8 Å². The molecular formula is C16H16N2O5S. The average Bonchev–Trinajstić information content (AvgIpc) is 2.81. The van der Waals surface area contributed by atoms with Gasteiger partial charge in [-0.2, -0.15) is 0 Å². The van der Waals surface area contributed by atoms with E-state index in [-0.39, 0.29) is 17.5 Å². The number of thioether (sulfide) groups is 1. The number of hydrogen-bond donors (Lipinski definition) is 3. The Balaban J connectivity index is 2.00. The SMILES string of the molecule is CC(=O)Nc1cccc(C2=C(C(=O)O)N3C(=O)[C@H]([C@@H](C)O)[C@H]3S2)c1. The van der Waals surface area contributed by atoms with Crippen LogP contribution in [0.2, 0.25) is 0 Å². The molecule has 2 amide bonds. The van der Waals surface area contributed by atoms with Crippen LogP contribution in [0.1, 0.15) is 19.4 Å². The fourth-order valence-corrected chi connectivity index (χ4v) is 4.53. The van der Waals surface area contributed by atoms with E-state index in [1.54, 1.807) is 24.3 Å². The third kappa shape index (κ3) is 2.57. The highest BCUT2D eigenvalue weighted by molar-refractivity contribution is 8.09. The monoisotopic (exact) mass is 348 g/mol. The predicted molar refractivity (Wildman–Crippen MR) is 88.7 cm³/mol. The van der Waals surface area contributed by atoms with Gasteiger partial charge in [-0.05, 0) is 24.6 Å². The standard InChI is InChI=1S/C16H16N2O5S/c1-7(19)11-14(21)18-12(16(22)23)13(24-15(11)18)9-4-3-5-10(6-9)17-8(2)20/h3-7,11,15,19H,1-2H3,(H,17,20)(H,22,23)/t7-,11+,15-/m1/s1. The molecule has 0 spiro atoms. The number of carbonyl (C=O) groups is 3. The molecular weight excluding hydrogens is 332 g/mol. The molecule has 3 atom stereocenters. The molecule has 2 aliphatic rings. The van der Waals surface area contributed by atoms with E-state index in [1.165, 1.54) is 30.5 Å². The maximum Gasteiger partial charge on any atom is 0.353 e. The zero-order valence-electron chi connectivity index (χ0n) is 13.0. The lowest BCUT2D eigenvalue weighted by Crippen LogP contribution is -2.60. The number of nitrogens with one attached hydrogen (secondary N) is 1. The molecule has 0 radical (unpaired) electrons. The van der Waals surface area contributed by atoms with E-state index in [1.807, 2.05) is 0 Å². The lowest BCUT2D eigenvalue weighted by molar-refractivity contribution is -0.156. The minimum atomic E-state index is -1.19. The Morgan fingerprint density at radius 3 is 2.67 bits per heavy atom. The zero-order valence-corrected chi connectivity index (χ0v) is 13.8. The Morgan fingerprint density at radius 1 is 1.38 bits per heavy atom. The van der Waals surface area contributed by atoms with Crippen molar-refractivity contribution in [2.75, 3.05) is 5.32 Å². The van der Waals surface area contributed by atoms with Gasteiger partial charge in [-0.1, -0.05) is 23.9 Å². The summed E-state index contributed by atoms with van der Waals surface area (Å²) < 4.78 is 0. The van der Waals surface area contributed by atoms with Gasteiger partial charge in [0.25, 0.3) is 0 Å². The summed E-state index contributed by atoms with van der Waals surface area (Å²) in [5.74, 6) is -2.41. The number of anilines is 1.